The number of anilines is 1. The Kier molecular flexibility index (Phi) is 5.28. The van der Waals surface area contributed by atoms with Crippen LogP contribution in [0.15, 0.2) is 23.4 Å². The lowest BCUT2D eigenvalue weighted by atomic mass is 10.3. The Morgan fingerprint density at radius 3 is 2.85 bits per heavy atom. The summed E-state index contributed by atoms with van der Waals surface area (Å²) in [5.41, 5.74) is 0.606. The van der Waals surface area contributed by atoms with Crippen LogP contribution in [0.4, 0.5) is 5.69 Å². The monoisotopic (exact) mass is 330 g/mol. The lowest BCUT2D eigenvalue weighted by Crippen LogP contribution is -2.14. The third-order valence-corrected chi connectivity index (χ3v) is 3.97. The summed E-state index contributed by atoms with van der Waals surface area (Å²) in [4.78, 5) is 16.0. The zero-order chi connectivity index (χ0) is 14.5. The van der Waals surface area contributed by atoms with Crippen LogP contribution in [0.3, 0.4) is 0 Å². The Hall–Kier alpha value is -1.24. The first-order valence-electron chi connectivity index (χ1n) is 5.87. The minimum absolute atomic E-state index is 0.156. The van der Waals surface area contributed by atoms with Crippen molar-refractivity contribution >= 4 is 46.6 Å². The topological polar surface area (TPSA) is 70.7 Å². The van der Waals surface area contributed by atoms with E-state index in [9.17, 15) is 4.79 Å². The molecule has 2 aromatic rings. The molecule has 1 aromatic carbocycles. The summed E-state index contributed by atoms with van der Waals surface area (Å²) in [6.45, 7) is 1.98. The van der Waals surface area contributed by atoms with Gasteiger partial charge < -0.3 is 5.32 Å². The highest BCUT2D eigenvalue weighted by Gasteiger charge is 2.08. The first-order chi connectivity index (χ1) is 9.58. The maximum atomic E-state index is 11.8. The van der Waals surface area contributed by atoms with Crippen LogP contribution in [0.5, 0.6) is 0 Å². The summed E-state index contributed by atoms with van der Waals surface area (Å²) in [6.07, 6.45) is 0.781. The van der Waals surface area contributed by atoms with Crippen molar-refractivity contribution in [3.05, 3.63) is 34.1 Å². The second-order valence-electron chi connectivity index (χ2n) is 3.88. The fourth-order valence-electron chi connectivity index (χ4n) is 1.40. The molecule has 0 radical (unpaired) electrons. The number of halogens is 2. The number of aromatic nitrogens is 3. The number of rotatable bonds is 5. The van der Waals surface area contributed by atoms with Gasteiger partial charge in [-0.2, -0.15) is 0 Å². The van der Waals surface area contributed by atoms with Crippen LogP contribution in [0.1, 0.15) is 12.7 Å². The molecule has 106 valence electrons. The normalized spacial score (nSPS) is 10.6. The van der Waals surface area contributed by atoms with E-state index in [2.05, 4.69) is 20.5 Å². The summed E-state index contributed by atoms with van der Waals surface area (Å²) in [6, 6.07) is 4.93. The van der Waals surface area contributed by atoms with Gasteiger partial charge in [0, 0.05) is 12.1 Å². The fourth-order valence-corrected chi connectivity index (χ4v) is 2.32. The van der Waals surface area contributed by atoms with E-state index in [0.717, 1.165) is 12.2 Å². The second kappa shape index (κ2) is 6.97. The minimum atomic E-state index is -0.156. The molecule has 0 fully saturated rings. The third kappa shape index (κ3) is 4.13. The van der Waals surface area contributed by atoms with Crippen LogP contribution in [0, 0.1) is 0 Å². The molecule has 2 N–H and O–H groups in total. The van der Waals surface area contributed by atoms with Gasteiger partial charge in [0.15, 0.2) is 0 Å². The number of H-pyrrole nitrogens is 1. The molecule has 20 heavy (non-hydrogen) atoms. The van der Waals surface area contributed by atoms with Crippen molar-refractivity contribution in [2.24, 2.45) is 0 Å². The molecule has 0 aliphatic carbocycles. The van der Waals surface area contributed by atoms with Gasteiger partial charge in [0.05, 0.1) is 15.8 Å². The van der Waals surface area contributed by atoms with Crippen molar-refractivity contribution in [1.29, 1.82) is 0 Å². The molecule has 1 aromatic heterocycles. The highest BCUT2D eigenvalue weighted by Crippen LogP contribution is 2.25. The summed E-state index contributed by atoms with van der Waals surface area (Å²) < 4.78 is 0. The standard InChI is InChI=1S/C12H12Cl2N4OS/c1-2-10-16-12(18-17-10)20-6-11(19)15-7-3-4-8(13)9(14)5-7/h3-5H,2,6H2,1H3,(H,15,19)(H,16,17,18). The maximum absolute atomic E-state index is 11.8. The highest BCUT2D eigenvalue weighted by molar-refractivity contribution is 7.99. The van der Waals surface area contributed by atoms with Gasteiger partial charge in [-0.05, 0) is 18.2 Å². The molecular weight excluding hydrogens is 319 g/mol. The maximum Gasteiger partial charge on any atom is 0.234 e. The molecule has 8 heteroatoms. The van der Waals surface area contributed by atoms with Gasteiger partial charge in [-0.1, -0.05) is 41.9 Å². The van der Waals surface area contributed by atoms with Crippen LogP contribution in [0.25, 0.3) is 0 Å². The molecule has 0 bridgehead atoms. The molecular formula is C12H12Cl2N4OS. The van der Waals surface area contributed by atoms with E-state index in [1.165, 1.54) is 11.8 Å². The van der Waals surface area contributed by atoms with E-state index < -0.39 is 0 Å². The zero-order valence-electron chi connectivity index (χ0n) is 10.6. The van der Waals surface area contributed by atoms with Crippen molar-refractivity contribution in [3.63, 3.8) is 0 Å². The van der Waals surface area contributed by atoms with Gasteiger partial charge in [-0.3, -0.25) is 9.89 Å². The second-order valence-corrected chi connectivity index (χ2v) is 5.64. The summed E-state index contributed by atoms with van der Waals surface area (Å²) in [5.74, 6) is 0.870. The van der Waals surface area contributed by atoms with Crippen molar-refractivity contribution in [2.45, 2.75) is 18.5 Å². The quantitative estimate of drug-likeness (QED) is 0.824. The molecule has 1 amide bonds. The van der Waals surface area contributed by atoms with Gasteiger partial charge in [0.2, 0.25) is 11.1 Å². The largest absolute Gasteiger partial charge is 0.325 e. The summed E-state index contributed by atoms with van der Waals surface area (Å²) in [5, 5.41) is 10.9. The number of aryl methyl sites for hydroxylation is 1. The van der Waals surface area contributed by atoms with Gasteiger partial charge in [0.25, 0.3) is 0 Å². The number of nitrogens with one attached hydrogen (secondary N) is 2. The van der Waals surface area contributed by atoms with Crippen LogP contribution in [0.2, 0.25) is 10.0 Å². The highest BCUT2D eigenvalue weighted by atomic mass is 35.5. The van der Waals surface area contributed by atoms with Crippen molar-refractivity contribution < 1.29 is 4.79 Å². The number of amides is 1. The van der Waals surface area contributed by atoms with Crippen LogP contribution in [-0.2, 0) is 11.2 Å². The van der Waals surface area contributed by atoms with E-state index in [-0.39, 0.29) is 11.7 Å². The molecule has 0 saturated heterocycles. The van der Waals surface area contributed by atoms with Crippen LogP contribution < -0.4 is 5.32 Å². The Morgan fingerprint density at radius 1 is 1.40 bits per heavy atom. The van der Waals surface area contributed by atoms with E-state index in [0.29, 0.717) is 20.9 Å². The number of hydrogen-bond acceptors (Lipinski definition) is 4. The van der Waals surface area contributed by atoms with E-state index >= 15 is 0 Å². The number of thioether (sulfide) groups is 1. The Labute approximate surface area is 130 Å². The van der Waals surface area contributed by atoms with Gasteiger partial charge in [-0.15, -0.1) is 5.10 Å². The van der Waals surface area contributed by atoms with Gasteiger partial charge in [-0.25, -0.2) is 4.98 Å². The van der Waals surface area contributed by atoms with Crippen molar-refractivity contribution in [3.8, 4) is 0 Å². The van der Waals surface area contributed by atoms with E-state index in [4.69, 9.17) is 23.2 Å². The summed E-state index contributed by atoms with van der Waals surface area (Å²) >= 11 is 12.9. The van der Waals surface area contributed by atoms with Crippen LogP contribution in [-0.4, -0.2) is 26.8 Å². The predicted octanol–water partition coefficient (Wildman–Crippen LogP) is 3.40. The van der Waals surface area contributed by atoms with Crippen LogP contribution >= 0.6 is 35.0 Å². The van der Waals surface area contributed by atoms with Crippen molar-refractivity contribution in [2.75, 3.05) is 11.1 Å². The molecule has 0 spiro atoms. The Balaban J connectivity index is 1.87. The SMILES string of the molecule is CCc1nc(SCC(=O)Nc2ccc(Cl)c(Cl)c2)n[nH]1. The Morgan fingerprint density at radius 2 is 2.20 bits per heavy atom. The first-order valence-corrected chi connectivity index (χ1v) is 7.61. The van der Waals surface area contributed by atoms with E-state index in [1.807, 2.05) is 6.92 Å². The molecule has 0 aliphatic rings. The summed E-state index contributed by atoms with van der Waals surface area (Å²) in [7, 11) is 0. The number of carbonyl (C=O) groups excluding carboxylic acids is 1. The zero-order valence-corrected chi connectivity index (χ0v) is 12.9. The first kappa shape index (κ1) is 15.2. The molecule has 0 saturated carbocycles. The molecule has 0 atom stereocenters. The third-order valence-electron chi connectivity index (χ3n) is 2.38. The average Bonchev–Trinajstić information content (AvgIpc) is 2.89. The van der Waals surface area contributed by atoms with Gasteiger partial charge >= 0.3 is 0 Å². The minimum Gasteiger partial charge on any atom is -0.325 e. The molecule has 5 nitrogen and oxygen atoms in total. The average molecular weight is 331 g/mol. The smallest absolute Gasteiger partial charge is 0.234 e. The van der Waals surface area contributed by atoms with E-state index in [1.54, 1.807) is 18.2 Å². The lowest BCUT2D eigenvalue weighted by molar-refractivity contribution is -0.113. The van der Waals surface area contributed by atoms with Gasteiger partial charge in [0.1, 0.15) is 5.82 Å². The molecule has 0 aliphatic heterocycles. The fraction of sp³-hybridized carbons (Fsp3) is 0.250. The molecule has 2 rings (SSSR count). The number of hydrogen-bond donors (Lipinski definition) is 2. The molecule has 1 heterocycles. The number of nitrogens with zero attached hydrogens (tertiary/aromatic N) is 2. The predicted molar refractivity (Wildman–Crippen MR) is 81.6 cm³/mol. The molecule has 0 unspecified atom stereocenters. The number of carbonyl (C=O) groups is 1. The van der Waals surface area contributed by atoms with Crippen molar-refractivity contribution in [1.82, 2.24) is 15.2 Å². The number of aromatic amines is 1. The number of benzene rings is 1. The lowest BCUT2D eigenvalue weighted by Gasteiger charge is -2.05. The Bertz CT molecular complexity index is 617.